The van der Waals surface area contributed by atoms with Crippen LogP contribution in [0.2, 0.25) is 0 Å². The molecule has 0 aromatic carbocycles. The van der Waals surface area contributed by atoms with Gasteiger partial charge in [0.2, 0.25) is 0 Å². The molecule has 1 saturated heterocycles. The molecule has 1 fully saturated rings. The summed E-state index contributed by atoms with van der Waals surface area (Å²) in [7, 11) is -21.7. The van der Waals surface area contributed by atoms with Gasteiger partial charge in [0.25, 0.3) is 0 Å². The normalized spacial score (nSPS) is 31.1. The van der Waals surface area contributed by atoms with Crippen molar-refractivity contribution < 1.29 is 69.7 Å². The number of hydrogen-bond acceptors (Lipinski definition) is 12. The molecule has 218 valence electrons. The predicted molar refractivity (Wildman–Crippen MR) is 132 cm³/mol. The van der Waals surface area contributed by atoms with E-state index in [4.69, 9.17) is 9.63 Å². The molecule has 5 unspecified atom stereocenters. The molecule has 3 aliphatic rings. The van der Waals surface area contributed by atoms with E-state index >= 15 is 0 Å². The molecule has 0 radical (unpaired) electrons. The van der Waals surface area contributed by atoms with Gasteiger partial charge >= 0.3 is 31.3 Å². The molecule has 1 aliphatic carbocycles. The van der Waals surface area contributed by atoms with Crippen molar-refractivity contribution >= 4 is 31.3 Å². The van der Waals surface area contributed by atoms with Crippen LogP contribution in [0.1, 0.15) is 27.2 Å². The smallest absolute Gasteiger partial charge is 0.390 e. The average molecular weight is 625 g/mol. The molecular formula is C18H31NO15P4. The SMILES string of the molecule is C=C1C2=C(C=CN1[C@@H]1O[C@H](COP(=O)(O)OP(=O)(O)OP(=O)(O)OP(=O)(O)OC)[C@H](O)C1C)CC=C2.CC. The number of phosphoric acid groups is 4. The number of nitrogens with zero attached hydrogens (tertiary/aromatic N) is 1. The fourth-order valence-corrected chi connectivity index (χ4v) is 8.29. The van der Waals surface area contributed by atoms with Gasteiger partial charge in [-0.25, -0.2) is 18.3 Å². The van der Waals surface area contributed by atoms with E-state index in [1.54, 1.807) is 18.0 Å². The van der Waals surface area contributed by atoms with Gasteiger partial charge in [0.15, 0.2) is 0 Å². The van der Waals surface area contributed by atoms with Crippen LogP contribution in [0.3, 0.4) is 0 Å². The van der Waals surface area contributed by atoms with Crippen molar-refractivity contribution in [2.75, 3.05) is 13.7 Å². The summed E-state index contributed by atoms with van der Waals surface area (Å²) in [4.78, 5) is 39.3. The number of allylic oxidation sites excluding steroid dienone is 4. The molecule has 0 aromatic rings. The summed E-state index contributed by atoms with van der Waals surface area (Å²) in [5, 5.41) is 10.5. The van der Waals surface area contributed by atoms with Crippen LogP contribution < -0.4 is 0 Å². The van der Waals surface area contributed by atoms with Crippen molar-refractivity contribution in [2.24, 2.45) is 5.92 Å². The van der Waals surface area contributed by atoms with E-state index in [1.165, 1.54) is 0 Å². The summed E-state index contributed by atoms with van der Waals surface area (Å²) < 4.78 is 72.3. The first kappa shape index (κ1) is 33.4. The van der Waals surface area contributed by atoms with Crippen LogP contribution >= 0.6 is 31.3 Å². The Morgan fingerprint density at radius 2 is 1.55 bits per heavy atom. The van der Waals surface area contributed by atoms with Crippen LogP contribution in [0, 0.1) is 5.92 Å². The molecule has 8 atom stereocenters. The van der Waals surface area contributed by atoms with Gasteiger partial charge in [-0.2, -0.15) is 12.9 Å². The van der Waals surface area contributed by atoms with Gasteiger partial charge in [0.05, 0.1) is 12.7 Å². The van der Waals surface area contributed by atoms with Gasteiger partial charge in [0, 0.05) is 30.5 Å². The minimum atomic E-state index is -5.88. The lowest BCUT2D eigenvalue weighted by Crippen LogP contribution is -2.36. The Labute approximate surface area is 219 Å². The molecule has 2 aliphatic heterocycles. The zero-order chi connectivity index (χ0) is 29.1. The standard InChI is InChI=1S/C16H25NO15P4.C2H6/c1-10-15(18)14(29-16(10)17-8-7-12-5-4-6-13(12)11(17)2)9-28-34(21,22)31-36(25,26)32-35(23,24)30-33(19,20)27-3;1-2/h4,6-8,10,14-16,18H,2,5,9H2,1,3H3,(H,19,20)(H,21,22)(H,23,24)(H,25,26);1-2H3/t10?,14-,15-,16-;/m1./s1. The summed E-state index contributed by atoms with van der Waals surface area (Å²) >= 11 is 0. The molecular weight excluding hydrogens is 594 g/mol. The highest BCUT2D eigenvalue weighted by Gasteiger charge is 2.48. The minimum Gasteiger partial charge on any atom is -0.390 e. The first-order valence-electron chi connectivity index (χ1n) is 11.0. The van der Waals surface area contributed by atoms with Crippen molar-refractivity contribution in [1.82, 2.24) is 4.90 Å². The third-order valence-corrected chi connectivity index (χ3v) is 11.1. The summed E-state index contributed by atoms with van der Waals surface area (Å²) in [6, 6.07) is 0. The lowest BCUT2D eigenvalue weighted by molar-refractivity contribution is -0.0574. The molecule has 16 nitrogen and oxygen atoms in total. The number of rotatable bonds is 11. The van der Waals surface area contributed by atoms with Gasteiger partial charge in [-0.15, -0.1) is 0 Å². The summed E-state index contributed by atoms with van der Waals surface area (Å²) in [5.41, 5.74) is 2.60. The Bertz CT molecular complexity index is 1180. The fraction of sp³-hybridized carbons (Fsp3) is 0.556. The van der Waals surface area contributed by atoms with Crippen molar-refractivity contribution in [3.63, 3.8) is 0 Å². The van der Waals surface area contributed by atoms with E-state index in [0.717, 1.165) is 17.6 Å². The van der Waals surface area contributed by atoms with Gasteiger partial charge in [-0.05, 0) is 18.1 Å². The van der Waals surface area contributed by atoms with Gasteiger partial charge in [0.1, 0.15) is 12.3 Å². The molecule has 3 rings (SSSR count). The number of ether oxygens (including phenoxy) is 1. The maximum atomic E-state index is 12.1. The largest absolute Gasteiger partial charge is 0.490 e. The summed E-state index contributed by atoms with van der Waals surface area (Å²) in [6.45, 7) is 8.90. The van der Waals surface area contributed by atoms with Crippen molar-refractivity contribution in [3.05, 3.63) is 47.9 Å². The Morgan fingerprint density at radius 1 is 1.00 bits per heavy atom. The lowest BCUT2D eigenvalue weighted by atomic mass is 9.99. The second kappa shape index (κ2) is 12.8. The van der Waals surface area contributed by atoms with Crippen LogP contribution in [0.15, 0.2) is 47.9 Å². The quantitative estimate of drug-likeness (QED) is 0.207. The van der Waals surface area contributed by atoms with E-state index in [2.05, 4.69) is 28.6 Å². The Kier molecular flexibility index (Phi) is 11.3. The molecule has 38 heavy (non-hydrogen) atoms. The van der Waals surface area contributed by atoms with Gasteiger partial charge in [-0.3, -0.25) is 9.05 Å². The van der Waals surface area contributed by atoms with E-state index in [9.17, 15) is 38.0 Å². The Morgan fingerprint density at radius 3 is 2.13 bits per heavy atom. The zero-order valence-corrected chi connectivity index (χ0v) is 24.4. The molecule has 0 spiro atoms. The summed E-state index contributed by atoms with van der Waals surface area (Å²) in [5.74, 6) is -0.536. The van der Waals surface area contributed by atoms with Crippen LogP contribution in [-0.4, -0.2) is 61.7 Å². The van der Waals surface area contributed by atoms with Crippen LogP contribution in [-0.2, 0) is 45.0 Å². The Balaban J connectivity index is 0.00000247. The van der Waals surface area contributed by atoms with Crippen LogP contribution in [0.4, 0.5) is 0 Å². The second-order valence-electron chi connectivity index (χ2n) is 7.73. The highest BCUT2D eigenvalue weighted by Crippen LogP contribution is 2.71. The van der Waals surface area contributed by atoms with E-state index in [0.29, 0.717) is 12.8 Å². The highest BCUT2D eigenvalue weighted by molar-refractivity contribution is 7.69. The van der Waals surface area contributed by atoms with Crippen molar-refractivity contribution in [1.29, 1.82) is 0 Å². The number of aliphatic hydroxyl groups is 1. The molecule has 5 N–H and O–H groups in total. The monoisotopic (exact) mass is 625 g/mol. The molecule has 0 bridgehead atoms. The highest BCUT2D eigenvalue weighted by atomic mass is 31.3. The third-order valence-electron chi connectivity index (χ3n) is 5.24. The maximum Gasteiger partial charge on any atom is 0.490 e. The Hall–Kier alpha value is -0.760. The van der Waals surface area contributed by atoms with E-state index in [-0.39, 0.29) is 0 Å². The number of phosphoric ester groups is 2. The molecule has 0 saturated carbocycles. The fourth-order valence-electron chi connectivity index (χ4n) is 3.59. The van der Waals surface area contributed by atoms with E-state index < -0.39 is 62.3 Å². The topological polar surface area (TPSA) is 228 Å². The first-order valence-corrected chi connectivity index (χ1v) is 17.0. The predicted octanol–water partition coefficient (Wildman–Crippen LogP) is 3.45. The van der Waals surface area contributed by atoms with Gasteiger partial charge < -0.3 is 34.3 Å². The lowest BCUT2D eigenvalue weighted by Gasteiger charge is -2.34. The average Bonchev–Trinajstić information content (AvgIpc) is 3.38. The molecule has 2 heterocycles. The van der Waals surface area contributed by atoms with Gasteiger partial charge in [-0.1, -0.05) is 39.5 Å². The van der Waals surface area contributed by atoms with Crippen LogP contribution in [0.5, 0.6) is 0 Å². The zero-order valence-electron chi connectivity index (χ0n) is 20.8. The molecule has 0 amide bonds. The van der Waals surface area contributed by atoms with Crippen molar-refractivity contribution in [2.45, 2.75) is 45.6 Å². The van der Waals surface area contributed by atoms with Crippen molar-refractivity contribution in [3.8, 4) is 0 Å². The maximum absolute atomic E-state index is 12.1. The third kappa shape index (κ3) is 8.62. The van der Waals surface area contributed by atoms with Crippen LogP contribution in [0.25, 0.3) is 0 Å². The first-order chi connectivity index (χ1) is 17.5. The molecule has 20 heteroatoms. The minimum absolute atomic E-state index is 0.536. The summed E-state index contributed by atoms with van der Waals surface area (Å²) in [6.07, 6.45) is 5.10. The number of hydrogen-bond donors (Lipinski definition) is 5. The van der Waals surface area contributed by atoms with E-state index in [1.807, 2.05) is 32.1 Å². The molecule has 0 aromatic heterocycles. The second-order valence-corrected chi connectivity index (χ2v) is 14.1. The number of aliphatic hydroxyl groups excluding tert-OH is 1.